The smallest absolute Gasteiger partial charge is 0.224 e. The first-order valence-electron chi connectivity index (χ1n) is 3.09. The highest BCUT2D eigenvalue weighted by molar-refractivity contribution is 6.28. The quantitative estimate of drug-likeness (QED) is 0.558. The lowest BCUT2D eigenvalue weighted by Crippen LogP contribution is -1.85. The first-order chi connectivity index (χ1) is 5.36. The van der Waals surface area contributed by atoms with Crippen molar-refractivity contribution in [3.63, 3.8) is 0 Å². The molecule has 0 saturated carbocycles. The van der Waals surface area contributed by atoms with Gasteiger partial charge in [-0.1, -0.05) is 0 Å². The van der Waals surface area contributed by atoms with Crippen LogP contribution in [0.1, 0.15) is 0 Å². The molecule has 0 atom stereocenters. The standard InChI is InChI=1S/C7H4ClN3/c8-7-10-4-5-2-1-3-9-6(5)11-7/h1-4H. The molecule has 0 amide bonds. The Morgan fingerprint density at radius 2 is 2.18 bits per heavy atom. The van der Waals surface area contributed by atoms with Crippen LogP contribution in [0, 0.1) is 0 Å². The number of fused-ring (bicyclic) bond motifs is 1. The zero-order valence-corrected chi connectivity index (χ0v) is 6.28. The molecule has 11 heavy (non-hydrogen) atoms. The fourth-order valence-electron chi connectivity index (χ4n) is 0.843. The predicted molar refractivity (Wildman–Crippen MR) is 42.3 cm³/mol. The topological polar surface area (TPSA) is 38.7 Å². The summed E-state index contributed by atoms with van der Waals surface area (Å²) in [7, 11) is 0. The third kappa shape index (κ3) is 1.14. The largest absolute Gasteiger partial charge is 0.236 e. The minimum atomic E-state index is 0.233. The van der Waals surface area contributed by atoms with Gasteiger partial charge in [0.25, 0.3) is 0 Å². The van der Waals surface area contributed by atoms with Gasteiger partial charge in [0.05, 0.1) is 0 Å². The predicted octanol–water partition coefficient (Wildman–Crippen LogP) is 1.68. The highest BCUT2D eigenvalue weighted by Crippen LogP contribution is 2.08. The number of rotatable bonds is 0. The van der Waals surface area contributed by atoms with Crippen LogP contribution in [0.5, 0.6) is 0 Å². The average Bonchev–Trinajstić information content (AvgIpc) is 2.04. The Morgan fingerprint density at radius 3 is 3.09 bits per heavy atom. The van der Waals surface area contributed by atoms with Crippen molar-refractivity contribution in [2.75, 3.05) is 0 Å². The van der Waals surface area contributed by atoms with Gasteiger partial charge in [-0.25, -0.2) is 9.97 Å². The van der Waals surface area contributed by atoms with Crippen molar-refractivity contribution in [3.05, 3.63) is 29.8 Å². The van der Waals surface area contributed by atoms with E-state index in [1.165, 1.54) is 0 Å². The van der Waals surface area contributed by atoms with E-state index in [2.05, 4.69) is 15.0 Å². The number of aromatic nitrogens is 3. The fourth-order valence-corrected chi connectivity index (χ4v) is 0.972. The van der Waals surface area contributed by atoms with E-state index >= 15 is 0 Å². The van der Waals surface area contributed by atoms with E-state index in [-0.39, 0.29) is 5.28 Å². The molecular weight excluding hydrogens is 162 g/mol. The molecule has 0 N–H and O–H groups in total. The molecule has 0 fully saturated rings. The molecule has 2 aromatic heterocycles. The van der Waals surface area contributed by atoms with Crippen molar-refractivity contribution >= 4 is 22.6 Å². The first-order valence-corrected chi connectivity index (χ1v) is 3.47. The molecule has 3 nitrogen and oxygen atoms in total. The number of hydrogen-bond acceptors (Lipinski definition) is 3. The summed E-state index contributed by atoms with van der Waals surface area (Å²) in [5, 5.41) is 1.13. The summed E-state index contributed by atoms with van der Waals surface area (Å²) in [6.07, 6.45) is 3.32. The molecule has 0 radical (unpaired) electrons. The van der Waals surface area contributed by atoms with E-state index in [4.69, 9.17) is 11.6 Å². The highest BCUT2D eigenvalue weighted by atomic mass is 35.5. The van der Waals surface area contributed by atoms with Crippen LogP contribution in [0.2, 0.25) is 5.28 Å². The molecule has 0 aliphatic rings. The van der Waals surface area contributed by atoms with Gasteiger partial charge in [-0.05, 0) is 23.7 Å². The van der Waals surface area contributed by atoms with E-state index in [1.807, 2.05) is 12.1 Å². The number of hydrogen-bond donors (Lipinski definition) is 0. The van der Waals surface area contributed by atoms with E-state index < -0.39 is 0 Å². The van der Waals surface area contributed by atoms with Gasteiger partial charge in [-0.15, -0.1) is 0 Å². The molecule has 0 bridgehead atoms. The van der Waals surface area contributed by atoms with Crippen LogP contribution in [-0.2, 0) is 0 Å². The van der Waals surface area contributed by atoms with Gasteiger partial charge in [-0.3, -0.25) is 0 Å². The van der Waals surface area contributed by atoms with Crippen LogP contribution in [0.4, 0.5) is 0 Å². The molecule has 2 rings (SSSR count). The number of nitrogens with zero attached hydrogens (tertiary/aromatic N) is 3. The Hall–Kier alpha value is -1.22. The Bertz CT molecular complexity index is 388. The van der Waals surface area contributed by atoms with Crippen LogP contribution in [-0.4, -0.2) is 15.0 Å². The van der Waals surface area contributed by atoms with Crippen molar-refractivity contribution in [2.45, 2.75) is 0 Å². The van der Waals surface area contributed by atoms with Crippen LogP contribution in [0.3, 0.4) is 0 Å². The van der Waals surface area contributed by atoms with Crippen molar-refractivity contribution < 1.29 is 0 Å². The molecule has 0 unspecified atom stereocenters. The van der Waals surface area contributed by atoms with Crippen LogP contribution >= 0.6 is 11.6 Å². The lowest BCUT2D eigenvalue weighted by molar-refractivity contribution is 1.18. The monoisotopic (exact) mass is 165 g/mol. The SMILES string of the molecule is Clc1ncc2cccnc2n1. The second-order valence-corrected chi connectivity index (χ2v) is 2.39. The third-order valence-corrected chi connectivity index (χ3v) is 1.51. The Labute approximate surface area is 68.1 Å². The van der Waals surface area contributed by atoms with Gasteiger partial charge < -0.3 is 0 Å². The maximum absolute atomic E-state index is 5.56. The minimum absolute atomic E-state index is 0.233. The number of pyridine rings is 1. The third-order valence-electron chi connectivity index (χ3n) is 1.33. The highest BCUT2D eigenvalue weighted by Gasteiger charge is 1.95. The van der Waals surface area contributed by atoms with Crippen molar-refractivity contribution in [1.82, 2.24) is 15.0 Å². The maximum Gasteiger partial charge on any atom is 0.224 e. The van der Waals surface area contributed by atoms with Gasteiger partial charge >= 0.3 is 0 Å². The fraction of sp³-hybridized carbons (Fsp3) is 0. The second kappa shape index (κ2) is 2.43. The molecular formula is C7H4ClN3. The summed E-state index contributed by atoms with van der Waals surface area (Å²) in [6, 6.07) is 3.72. The molecule has 0 aliphatic carbocycles. The van der Waals surface area contributed by atoms with Crippen LogP contribution in [0.25, 0.3) is 11.0 Å². The van der Waals surface area contributed by atoms with Crippen LogP contribution < -0.4 is 0 Å². The molecule has 2 aromatic rings. The summed E-state index contributed by atoms with van der Waals surface area (Å²) in [5.41, 5.74) is 0.632. The zero-order chi connectivity index (χ0) is 7.68. The van der Waals surface area contributed by atoms with Gasteiger partial charge in [0.1, 0.15) is 0 Å². The Balaban J connectivity index is 2.83. The second-order valence-electron chi connectivity index (χ2n) is 2.06. The van der Waals surface area contributed by atoms with Gasteiger partial charge in [0.15, 0.2) is 5.65 Å². The lowest BCUT2D eigenvalue weighted by atomic mass is 10.3. The summed E-state index contributed by atoms with van der Waals surface area (Å²) >= 11 is 5.56. The number of halogens is 1. The summed E-state index contributed by atoms with van der Waals surface area (Å²) in [4.78, 5) is 11.7. The average molecular weight is 166 g/mol. The minimum Gasteiger partial charge on any atom is -0.236 e. The van der Waals surface area contributed by atoms with Gasteiger partial charge in [-0.2, -0.15) is 4.98 Å². The molecule has 4 heteroatoms. The lowest BCUT2D eigenvalue weighted by Gasteiger charge is -1.92. The molecule has 54 valence electrons. The van der Waals surface area contributed by atoms with E-state index in [0.29, 0.717) is 5.65 Å². The zero-order valence-electron chi connectivity index (χ0n) is 5.53. The summed E-state index contributed by atoms with van der Waals surface area (Å²) < 4.78 is 0. The molecule has 0 aliphatic heterocycles. The van der Waals surface area contributed by atoms with Crippen molar-refractivity contribution in [1.29, 1.82) is 0 Å². The Morgan fingerprint density at radius 1 is 1.27 bits per heavy atom. The first kappa shape index (κ1) is 6.49. The van der Waals surface area contributed by atoms with Gasteiger partial charge in [0.2, 0.25) is 5.28 Å². The van der Waals surface area contributed by atoms with E-state index in [0.717, 1.165) is 5.39 Å². The Kier molecular flexibility index (Phi) is 1.43. The molecule has 0 saturated heterocycles. The normalized spacial score (nSPS) is 10.3. The maximum atomic E-state index is 5.56. The molecule has 0 spiro atoms. The molecule has 0 aromatic carbocycles. The summed E-state index contributed by atoms with van der Waals surface area (Å²) in [5.74, 6) is 0. The van der Waals surface area contributed by atoms with Crippen molar-refractivity contribution in [3.8, 4) is 0 Å². The molecule has 2 heterocycles. The van der Waals surface area contributed by atoms with Gasteiger partial charge in [0, 0.05) is 17.8 Å². The van der Waals surface area contributed by atoms with Crippen LogP contribution in [0.15, 0.2) is 24.5 Å². The van der Waals surface area contributed by atoms with Crippen molar-refractivity contribution in [2.24, 2.45) is 0 Å². The van der Waals surface area contributed by atoms with E-state index in [1.54, 1.807) is 12.4 Å². The van der Waals surface area contributed by atoms with E-state index in [9.17, 15) is 0 Å². The summed E-state index contributed by atoms with van der Waals surface area (Å²) in [6.45, 7) is 0.